The number of ether oxygens (including phenoxy) is 1. The van der Waals surface area contributed by atoms with Crippen LogP contribution in [0.5, 0.6) is 5.75 Å². The van der Waals surface area contributed by atoms with Crippen LogP contribution in [-0.4, -0.2) is 12.9 Å². The monoisotopic (exact) mass is 178 g/mol. The molecule has 0 aliphatic rings. The topological polar surface area (TPSA) is 26.3 Å². The lowest BCUT2D eigenvalue weighted by atomic mass is 10.1. The van der Waals surface area contributed by atoms with Crippen molar-refractivity contribution in [2.45, 2.75) is 6.92 Å². The molecule has 0 radical (unpaired) electrons. The highest BCUT2D eigenvalue weighted by molar-refractivity contribution is 5.94. The SMILES string of the molecule is C=C.COc1ccc(C(C)=O)cc1. The van der Waals surface area contributed by atoms with Crippen molar-refractivity contribution in [3.8, 4) is 5.75 Å². The van der Waals surface area contributed by atoms with Crippen LogP contribution in [0.1, 0.15) is 17.3 Å². The highest BCUT2D eigenvalue weighted by Crippen LogP contribution is 2.11. The summed E-state index contributed by atoms with van der Waals surface area (Å²) < 4.78 is 4.94. The Hall–Kier alpha value is -1.57. The van der Waals surface area contributed by atoms with Crippen LogP contribution in [0.25, 0.3) is 0 Å². The molecule has 0 fully saturated rings. The number of carbonyl (C=O) groups excluding carboxylic acids is 1. The van der Waals surface area contributed by atoms with Gasteiger partial charge < -0.3 is 4.74 Å². The second-order valence-electron chi connectivity index (χ2n) is 2.28. The van der Waals surface area contributed by atoms with E-state index in [1.54, 1.807) is 38.3 Å². The van der Waals surface area contributed by atoms with Gasteiger partial charge in [-0.05, 0) is 31.2 Å². The minimum atomic E-state index is 0.0765. The molecule has 0 saturated heterocycles. The highest BCUT2D eigenvalue weighted by atomic mass is 16.5. The average Bonchev–Trinajstić information content (AvgIpc) is 2.21. The fraction of sp³-hybridized carbons (Fsp3) is 0.182. The molecular weight excluding hydrogens is 164 g/mol. The Kier molecular flexibility index (Phi) is 5.28. The van der Waals surface area contributed by atoms with E-state index in [0.29, 0.717) is 5.56 Å². The van der Waals surface area contributed by atoms with Gasteiger partial charge in [-0.3, -0.25) is 4.79 Å². The van der Waals surface area contributed by atoms with Crippen molar-refractivity contribution in [2.75, 3.05) is 7.11 Å². The van der Waals surface area contributed by atoms with Crippen molar-refractivity contribution < 1.29 is 9.53 Å². The Morgan fingerprint density at radius 1 is 1.23 bits per heavy atom. The molecular formula is C11H14O2. The normalized spacial score (nSPS) is 8.15. The fourth-order valence-electron chi connectivity index (χ4n) is 0.826. The molecule has 1 aromatic carbocycles. The molecule has 70 valence electrons. The third-order valence-corrected chi connectivity index (χ3v) is 1.50. The Bertz CT molecular complexity index is 262. The largest absolute Gasteiger partial charge is 0.497 e. The molecule has 0 amide bonds. The lowest BCUT2D eigenvalue weighted by Gasteiger charge is -1.98. The Morgan fingerprint density at radius 3 is 2.00 bits per heavy atom. The lowest BCUT2D eigenvalue weighted by Crippen LogP contribution is -1.91. The van der Waals surface area contributed by atoms with Crippen LogP contribution >= 0.6 is 0 Å². The van der Waals surface area contributed by atoms with Crippen molar-refractivity contribution in [3.63, 3.8) is 0 Å². The van der Waals surface area contributed by atoms with Crippen LogP contribution in [0, 0.1) is 0 Å². The van der Waals surface area contributed by atoms with Crippen LogP contribution in [0.2, 0.25) is 0 Å². The van der Waals surface area contributed by atoms with Crippen molar-refractivity contribution in [3.05, 3.63) is 43.0 Å². The quantitative estimate of drug-likeness (QED) is 0.514. The zero-order valence-electron chi connectivity index (χ0n) is 8.04. The molecule has 0 bridgehead atoms. The minimum absolute atomic E-state index is 0.0765. The summed E-state index contributed by atoms with van der Waals surface area (Å²) in [5, 5.41) is 0. The van der Waals surface area contributed by atoms with Gasteiger partial charge in [-0.1, -0.05) is 0 Å². The van der Waals surface area contributed by atoms with Gasteiger partial charge >= 0.3 is 0 Å². The number of ketones is 1. The molecule has 2 nitrogen and oxygen atoms in total. The van der Waals surface area contributed by atoms with Gasteiger partial charge in [-0.15, -0.1) is 13.2 Å². The third-order valence-electron chi connectivity index (χ3n) is 1.50. The molecule has 0 saturated carbocycles. The van der Waals surface area contributed by atoms with E-state index in [9.17, 15) is 4.79 Å². The summed E-state index contributed by atoms with van der Waals surface area (Å²) in [6.45, 7) is 7.54. The van der Waals surface area contributed by atoms with Gasteiger partial charge in [0.05, 0.1) is 7.11 Å². The van der Waals surface area contributed by atoms with Crippen LogP contribution in [0.4, 0.5) is 0 Å². The Morgan fingerprint density at radius 2 is 1.69 bits per heavy atom. The van der Waals surface area contributed by atoms with E-state index in [4.69, 9.17) is 4.74 Å². The van der Waals surface area contributed by atoms with Gasteiger partial charge in [0.15, 0.2) is 5.78 Å². The van der Waals surface area contributed by atoms with Crippen LogP contribution in [0.3, 0.4) is 0 Å². The van der Waals surface area contributed by atoms with Gasteiger partial charge in [0, 0.05) is 5.56 Å². The molecule has 0 aliphatic heterocycles. The molecule has 0 heterocycles. The second-order valence-corrected chi connectivity index (χ2v) is 2.28. The maximum Gasteiger partial charge on any atom is 0.159 e. The lowest BCUT2D eigenvalue weighted by molar-refractivity contribution is 0.101. The van der Waals surface area contributed by atoms with Gasteiger partial charge in [0.1, 0.15) is 5.75 Å². The minimum Gasteiger partial charge on any atom is -0.497 e. The first kappa shape index (κ1) is 11.4. The molecule has 1 rings (SSSR count). The third kappa shape index (κ3) is 3.56. The molecule has 1 aromatic rings. The van der Waals surface area contributed by atoms with Gasteiger partial charge in [0.25, 0.3) is 0 Å². The van der Waals surface area contributed by atoms with Gasteiger partial charge in [0.2, 0.25) is 0 Å². The van der Waals surface area contributed by atoms with E-state index in [-0.39, 0.29) is 5.78 Å². The number of methoxy groups -OCH3 is 1. The molecule has 2 heteroatoms. The Balaban J connectivity index is 0.000000671. The number of hydrogen-bond donors (Lipinski definition) is 0. The highest BCUT2D eigenvalue weighted by Gasteiger charge is 1.97. The summed E-state index contributed by atoms with van der Waals surface area (Å²) in [5.74, 6) is 0.850. The first-order valence-corrected chi connectivity index (χ1v) is 3.89. The van der Waals surface area contributed by atoms with Crippen molar-refractivity contribution in [1.29, 1.82) is 0 Å². The average molecular weight is 178 g/mol. The summed E-state index contributed by atoms with van der Waals surface area (Å²) in [6.07, 6.45) is 0. The summed E-state index contributed by atoms with van der Waals surface area (Å²) >= 11 is 0. The number of benzene rings is 1. The van der Waals surface area contributed by atoms with Gasteiger partial charge in [-0.25, -0.2) is 0 Å². The smallest absolute Gasteiger partial charge is 0.159 e. The van der Waals surface area contributed by atoms with Crippen LogP contribution < -0.4 is 4.74 Å². The van der Waals surface area contributed by atoms with E-state index in [0.717, 1.165) is 5.75 Å². The summed E-state index contributed by atoms with van der Waals surface area (Å²) in [6, 6.07) is 7.05. The van der Waals surface area contributed by atoms with E-state index in [2.05, 4.69) is 13.2 Å². The standard InChI is InChI=1S/C9H10O2.C2H4/c1-7(10)8-3-5-9(11-2)6-4-8;1-2/h3-6H,1-2H3;1-2H2. The maximum atomic E-state index is 10.8. The van der Waals surface area contributed by atoms with Crippen LogP contribution in [-0.2, 0) is 0 Å². The molecule has 13 heavy (non-hydrogen) atoms. The van der Waals surface area contributed by atoms with E-state index in [1.165, 1.54) is 0 Å². The molecule has 0 N–H and O–H groups in total. The zero-order chi connectivity index (χ0) is 10.3. The predicted molar refractivity (Wildman–Crippen MR) is 54.3 cm³/mol. The molecule has 0 spiro atoms. The number of rotatable bonds is 2. The number of Topliss-reactive ketones (excluding diaryl/α,β-unsaturated/α-hetero) is 1. The maximum absolute atomic E-state index is 10.8. The Labute approximate surface area is 78.8 Å². The second kappa shape index (κ2) is 6.00. The van der Waals surface area contributed by atoms with Crippen molar-refractivity contribution >= 4 is 5.78 Å². The first-order chi connectivity index (χ1) is 6.24. The summed E-state index contributed by atoms with van der Waals surface area (Å²) in [5.41, 5.74) is 0.714. The van der Waals surface area contributed by atoms with Gasteiger partial charge in [-0.2, -0.15) is 0 Å². The van der Waals surface area contributed by atoms with E-state index in [1.807, 2.05) is 0 Å². The summed E-state index contributed by atoms with van der Waals surface area (Å²) in [7, 11) is 1.60. The molecule has 0 unspecified atom stereocenters. The van der Waals surface area contributed by atoms with Crippen molar-refractivity contribution in [1.82, 2.24) is 0 Å². The van der Waals surface area contributed by atoms with Crippen LogP contribution in [0.15, 0.2) is 37.4 Å². The predicted octanol–water partition coefficient (Wildman–Crippen LogP) is 2.70. The number of hydrogen-bond acceptors (Lipinski definition) is 2. The molecule has 0 aromatic heterocycles. The first-order valence-electron chi connectivity index (χ1n) is 3.89. The fourth-order valence-corrected chi connectivity index (χ4v) is 0.826. The molecule has 0 aliphatic carbocycles. The van der Waals surface area contributed by atoms with Crippen molar-refractivity contribution in [2.24, 2.45) is 0 Å². The van der Waals surface area contributed by atoms with E-state index >= 15 is 0 Å². The molecule has 0 atom stereocenters. The van der Waals surface area contributed by atoms with E-state index < -0.39 is 0 Å². The number of carbonyl (C=O) groups is 1. The zero-order valence-corrected chi connectivity index (χ0v) is 8.04. The summed E-state index contributed by atoms with van der Waals surface area (Å²) in [4.78, 5) is 10.8.